The molecule has 1 heterocycles. The van der Waals surface area contributed by atoms with Crippen LogP contribution in [0.5, 0.6) is 0 Å². The molecule has 2 nitrogen and oxygen atoms in total. The molecule has 108 valence electrons. The van der Waals surface area contributed by atoms with Crippen LogP contribution in [-0.2, 0) is 4.74 Å². The van der Waals surface area contributed by atoms with E-state index in [1.807, 2.05) is 0 Å². The number of nitrogens with one attached hydrogen (secondary N) is 1. The Labute approximate surface area is 114 Å². The van der Waals surface area contributed by atoms with Crippen molar-refractivity contribution in [3.05, 3.63) is 0 Å². The van der Waals surface area contributed by atoms with Crippen LogP contribution in [0, 0.1) is 5.92 Å². The molecule has 1 saturated heterocycles. The maximum absolute atomic E-state index is 5.95. The first-order valence-corrected chi connectivity index (χ1v) is 8.20. The Morgan fingerprint density at radius 2 is 1.72 bits per heavy atom. The van der Waals surface area contributed by atoms with E-state index >= 15 is 0 Å². The largest absolute Gasteiger partial charge is 0.375 e. The third-order valence-corrected chi connectivity index (χ3v) is 4.09. The highest BCUT2D eigenvalue weighted by molar-refractivity contribution is 4.76. The molecular weight excluding hydrogens is 222 g/mol. The van der Waals surface area contributed by atoms with E-state index in [1.54, 1.807) is 0 Å². The van der Waals surface area contributed by atoms with Crippen molar-refractivity contribution in [2.45, 2.75) is 77.7 Å². The van der Waals surface area contributed by atoms with Gasteiger partial charge in [0.15, 0.2) is 0 Å². The van der Waals surface area contributed by atoms with Gasteiger partial charge in [0, 0.05) is 13.1 Å². The molecular formula is C16H33NO. The predicted molar refractivity (Wildman–Crippen MR) is 79.0 cm³/mol. The normalized spacial score (nSPS) is 22.0. The third-order valence-electron chi connectivity index (χ3n) is 4.09. The monoisotopic (exact) mass is 255 g/mol. The van der Waals surface area contributed by atoms with Crippen LogP contribution >= 0.6 is 0 Å². The fourth-order valence-electron chi connectivity index (χ4n) is 2.88. The predicted octanol–water partition coefficient (Wildman–Crippen LogP) is 4.14. The molecule has 1 aliphatic heterocycles. The first kappa shape index (κ1) is 16.0. The van der Waals surface area contributed by atoms with Crippen LogP contribution < -0.4 is 5.32 Å². The molecule has 0 bridgehead atoms. The zero-order valence-corrected chi connectivity index (χ0v) is 12.5. The summed E-state index contributed by atoms with van der Waals surface area (Å²) in [5, 5.41) is 3.48. The van der Waals surface area contributed by atoms with E-state index in [0.717, 1.165) is 25.6 Å². The Morgan fingerprint density at radius 3 is 2.39 bits per heavy atom. The summed E-state index contributed by atoms with van der Waals surface area (Å²) in [5.74, 6) is 0.791. The highest BCUT2D eigenvalue weighted by Crippen LogP contribution is 2.23. The van der Waals surface area contributed by atoms with Crippen LogP contribution in [-0.4, -0.2) is 25.8 Å². The van der Waals surface area contributed by atoms with Gasteiger partial charge in [0.1, 0.15) is 0 Å². The molecule has 0 aromatic heterocycles. The Bertz CT molecular complexity index is 178. The lowest BCUT2D eigenvalue weighted by molar-refractivity contribution is -0.0150. The molecule has 1 rings (SSSR count). The molecule has 0 aliphatic carbocycles. The Balaban J connectivity index is 2.21. The van der Waals surface area contributed by atoms with Crippen LogP contribution in [0.25, 0.3) is 0 Å². The lowest BCUT2D eigenvalue weighted by atomic mass is 9.89. The molecule has 18 heavy (non-hydrogen) atoms. The standard InChI is InChI=1S/C16H33NO/c1-3-5-7-8-9-11-15(10-6-4-2)16-14-17-12-13-18-16/h15-17H,3-14H2,1-2H3. The van der Waals surface area contributed by atoms with Gasteiger partial charge in [-0.3, -0.25) is 0 Å². The lowest BCUT2D eigenvalue weighted by Crippen LogP contribution is -2.42. The van der Waals surface area contributed by atoms with E-state index in [1.165, 1.54) is 57.8 Å². The van der Waals surface area contributed by atoms with Gasteiger partial charge >= 0.3 is 0 Å². The van der Waals surface area contributed by atoms with Gasteiger partial charge in [-0.2, -0.15) is 0 Å². The van der Waals surface area contributed by atoms with E-state index in [2.05, 4.69) is 19.2 Å². The van der Waals surface area contributed by atoms with E-state index in [0.29, 0.717) is 6.10 Å². The second-order valence-corrected chi connectivity index (χ2v) is 5.72. The van der Waals surface area contributed by atoms with Crippen LogP contribution in [0.1, 0.15) is 71.6 Å². The van der Waals surface area contributed by atoms with Crippen molar-refractivity contribution in [2.75, 3.05) is 19.7 Å². The molecule has 0 spiro atoms. The first-order chi connectivity index (χ1) is 8.88. The van der Waals surface area contributed by atoms with E-state index < -0.39 is 0 Å². The summed E-state index contributed by atoms with van der Waals surface area (Å²) in [5.41, 5.74) is 0. The van der Waals surface area contributed by atoms with E-state index in [9.17, 15) is 0 Å². The average Bonchev–Trinajstić information content (AvgIpc) is 2.43. The first-order valence-electron chi connectivity index (χ1n) is 8.20. The maximum Gasteiger partial charge on any atom is 0.0728 e. The lowest BCUT2D eigenvalue weighted by Gasteiger charge is -2.31. The summed E-state index contributed by atoms with van der Waals surface area (Å²) >= 11 is 0. The number of morpholine rings is 1. The Kier molecular flexibility index (Phi) is 9.59. The maximum atomic E-state index is 5.95. The van der Waals surface area contributed by atoms with E-state index in [4.69, 9.17) is 4.74 Å². The minimum atomic E-state index is 0.483. The van der Waals surface area contributed by atoms with Gasteiger partial charge in [0.05, 0.1) is 12.7 Å². The van der Waals surface area contributed by atoms with Gasteiger partial charge < -0.3 is 10.1 Å². The van der Waals surface area contributed by atoms with Crippen molar-refractivity contribution in [3.63, 3.8) is 0 Å². The van der Waals surface area contributed by atoms with Gasteiger partial charge in [-0.25, -0.2) is 0 Å². The Morgan fingerprint density at radius 1 is 1.00 bits per heavy atom. The van der Waals surface area contributed by atoms with Crippen molar-refractivity contribution < 1.29 is 4.74 Å². The van der Waals surface area contributed by atoms with Gasteiger partial charge in [-0.1, -0.05) is 58.8 Å². The quantitative estimate of drug-likeness (QED) is 0.592. The Hall–Kier alpha value is -0.0800. The highest BCUT2D eigenvalue weighted by atomic mass is 16.5. The third kappa shape index (κ3) is 6.75. The molecule has 2 heteroatoms. The van der Waals surface area contributed by atoms with Gasteiger partial charge in [-0.15, -0.1) is 0 Å². The van der Waals surface area contributed by atoms with Crippen molar-refractivity contribution >= 4 is 0 Å². The number of rotatable bonds is 10. The number of hydrogen-bond donors (Lipinski definition) is 1. The summed E-state index contributed by atoms with van der Waals surface area (Å²) in [6, 6.07) is 0. The zero-order valence-electron chi connectivity index (χ0n) is 12.5. The zero-order chi connectivity index (χ0) is 13.1. The van der Waals surface area contributed by atoms with Crippen LogP contribution in [0.2, 0.25) is 0 Å². The number of hydrogen-bond acceptors (Lipinski definition) is 2. The summed E-state index contributed by atoms with van der Waals surface area (Å²) < 4.78 is 5.95. The SMILES string of the molecule is CCCCCCCC(CCCC)C1CNCCO1. The smallest absolute Gasteiger partial charge is 0.0728 e. The fourth-order valence-corrected chi connectivity index (χ4v) is 2.88. The summed E-state index contributed by atoms with van der Waals surface area (Å²) in [6.07, 6.45) is 12.9. The molecule has 2 unspecified atom stereocenters. The molecule has 0 saturated carbocycles. The molecule has 0 amide bonds. The van der Waals surface area contributed by atoms with E-state index in [-0.39, 0.29) is 0 Å². The molecule has 0 radical (unpaired) electrons. The summed E-state index contributed by atoms with van der Waals surface area (Å²) in [6.45, 7) is 7.59. The molecule has 0 aromatic carbocycles. The summed E-state index contributed by atoms with van der Waals surface area (Å²) in [7, 11) is 0. The fraction of sp³-hybridized carbons (Fsp3) is 1.00. The molecule has 1 fully saturated rings. The highest BCUT2D eigenvalue weighted by Gasteiger charge is 2.23. The molecule has 1 N–H and O–H groups in total. The minimum Gasteiger partial charge on any atom is -0.375 e. The second kappa shape index (κ2) is 10.8. The summed E-state index contributed by atoms with van der Waals surface area (Å²) in [4.78, 5) is 0. The second-order valence-electron chi connectivity index (χ2n) is 5.72. The van der Waals surface area contributed by atoms with Crippen molar-refractivity contribution in [3.8, 4) is 0 Å². The van der Waals surface area contributed by atoms with Gasteiger partial charge in [0.25, 0.3) is 0 Å². The van der Waals surface area contributed by atoms with Crippen LogP contribution in [0.15, 0.2) is 0 Å². The molecule has 0 aromatic rings. The van der Waals surface area contributed by atoms with Crippen molar-refractivity contribution in [1.29, 1.82) is 0 Å². The van der Waals surface area contributed by atoms with Crippen LogP contribution in [0.3, 0.4) is 0 Å². The average molecular weight is 255 g/mol. The topological polar surface area (TPSA) is 21.3 Å². The molecule has 1 aliphatic rings. The number of ether oxygens (including phenoxy) is 1. The number of unbranched alkanes of at least 4 members (excludes halogenated alkanes) is 5. The van der Waals surface area contributed by atoms with Crippen molar-refractivity contribution in [2.24, 2.45) is 5.92 Å². The van der Waals surface area contributed by atoms with Crippen molar-refractivity contribution in [1.82, 2.24) is 5.32 Å². The molecule has 2 atom stereocenters. The van der Waals surface area contributed by atoms with Crippen LogP contribution in [0.4, 0.5) is 0 Å². The van der Waals surface area contributed by atoms with Gasteiger partial charge in [-0.05, 0) is 18.8 Å². The van der Waals surface area contributed by atoms with Gasteiger partial charge in [0.2, 0.25) is 0 Å². The minimum absolute atomic E-state index is 0.483.